The highest BCUT2D eigenvalue weighted by molar-refractivity contribution is 8.00. The van der Waals surface area contributed by atoms with Crippen molar-refractivity contribution in [1.29, 1.82) is 0 Å². The molecule has 0 spiro atoms. The molecule has 0 amide bonds. The second-order valence-corrected chi connectivity index (χ2v) is 7.22. The van der Waals surface area contributed by atoms with Crippen LogP contribution in [0, 0.1) is 0 Å². The molecule has 0 aliphatic carbocycles. The van der Waals surface area contributed by atoms with E-state index in [1.165, 1.54) is 57.2 Å². The molecule has 1 aliphatic heterocycles. The van der Waals surface area contributed by atoms with Crippen LogP contribution in [0.5, 0.6) is 0 Å². The Kier molecular flexibility index (Phi) is 6.83. The molecular weight excluding hydrogens is 214 g/mol. The summed E-state index contributed by atoms with van der Waals surface area (Å²) >= 11 is 2.16. The molecule has 1 nitrogen and oxygen atoms in total. The Morgan fingerprint density at radius 2 is 2.12 bits per heavy atom. The number of nitrogens with one attached hydrogen (secondary N) is 1. The van der Waals surface area contributed by atoms with Gasteiger partial charge in [-0.2, -0.15) is 11.8 Å². The highest BCUT2D eigenvalue weighted by Crippen LogP contribution is 2.37. The van der Waals surface area contributed by atoms with Crippen molar-refractivity contribution < 1.29 is 0 Å². The van der Waals surface area contributed by atoms with Gasteiger partial charge in [0.2, 0.25) is 0 Å². The summed E-state index contributed by atoms with van der Waals surface area (Å²) in [6, 6.07) is 0.704. The summed E-state index contributed by atoms with van der Waals surface area (Å²) in [5.74, 6) is 1.36. The van der Waals surface area contributed by atoms with E-state index in [1.54, 1.807) is 0 Å². The van der Waals surface area contributed by atoms with Crippen LogP contribution in [0.3, 0.4) is 0 Å². The monoisotopic (exact) mass is 243 g/mol. The Balaban J connectivity index is 2.03. The van der Waals surface area contributed by atoms with Crippen LogP contribution >= 0.6 is 11.8 Å². The summed E-state index contributed by atoms with van der Waals surface area (Å²) in [6.07, 6.45) is 9.71. The maximum Gasteiger partial charge on any atom is 0.0256 e. The van der Waals surface area contributed by atoms with E-state index in [2.05, 4.69) is 37.8 Å². The molecule has 2 unspecified atom stereocenters. The first-order valence-electron chi connectivity index (χ1n) is 7.03. The van der Waals surface area contributed by atoms with E-state index in [4.69, 9.17) is 0 Å². The van der Waals surface area contributed by atoms with E-state index in [9.17, 15) is 0 Å². The molecule has 1 saturated heterocycles. The third-order valence-electron chi connectivity index (χ3n) is 3.62. The second-order valence-electron chi connectivity index (χ2n) is 5.53. The van der Waals surface area contributed by atoms with Crippen molar-refractivity contribution in [2.45, 2.75) is 76.5 Å². The van der Waals surface area contributed by atoms with Gasteiger partial charge in [-0.1, -0.05) is 32.6 Å². The van der Waals surface area contributed by atoms with Crippen LogP contribution < -0.4 is 5.32 Å². The molecule has 0 aromatic heterocycles. The first-order chi connectivity index (χ1) is 7.66. The van der Waals surface area contributed by atoms with Crippen LogP contribution in [-0.2, 0) is 0 Å². The van der Waals surface area contributed by atoms with E-state index in [-0.39, 0.29) is 0 Å². The fraction of sp³-hybridized carbons (Fsp3) is 1.00. The van der Waals surface area contributed by atoms with Crippen LogP contribution in [-0.4, -0.2) is 23.1 Å². The van der Waals surface area contributed by atoms with Gasteiger partial charge in [0.05, 0.1) is 0 Å². The van der Waals surface area contributed by atoms with Gasteiger partial charge in [-0.15, -0.1) is 0 Å². The SMILES string of the molecule is CCCCCCC(C)NCC1(C)CCCS1. The van der Waals surface area contributed by atoms with Gasteiger partial charge in [0.25, 0.3) is 0 Å². The fourth-order valence-corrected chi connectivity index (χ4v) is 3.60. The van der Waals surface area contributed by atoms with Gasteiger partial charge < -0.3 is 5.32 Å². The average molecular weight is 243 g/mol. The molecule has 1 fully saturated rings. The normalized spacial score (nSPS) is 27.2. The van der Waals surface area contributed by atoms with Crippen LogP contribution in [0.25, 0.3) is 0 Å². The van der Waals surface area contributed by atoms with Crippen molar-refractivity contribution in [3.05, 3.63) is 0 Å². The lowest BCUT2D eigenvalue weighted by Gasteiger charge is -2.25. The van der Waals surface area contributed by atoms with Gasteiger partial charge in [0.1, 0.15) is 0 Å². The number of rotatable bonds is 8. The standard InChI is InChI=1S/C14H29NS/c1-4-5-6-7-9-13(2)15-12-14(3)10-8-11-16-14/h13,15H,4-12H2,1-3H3. The summed E-state index contributed by atoms with van der Waals surface area (Å²) in [5, 5.41) is 3.72. The Morgan fingerprint density at radius 3 is 2.75 bits per heavy atom. The van der Waals surface area contributed by atoms with Crippen molar-refractivity contribution in [2.24, 2.45) is 0 Å². The van der Waals surface area contributed by atoms with Crippen LogP contribution in [0.15, 0.2) is 0 Å². The molecule has 2 heteroatoms. The first kappa shape index (κ1) is 14.4. The largest absolute Gasteiger partial charge is 0.313 e. The molecule has 1 N–H and O–H groups in total. The van der Waals surface area contributed by atoms with Crippen molar-refractivity contribution in [2.75, 3.05) is 12.3 Å². The molecule has 0 radical (unpaired) electrons. The lowest BCUT2D eigenvalue weighted by Crippen LogP contribution is -2.38. The minimum Gasteiger partial charge on any atom is -0.313 e. The maximum atomic E-state index is 3.72. The summed E-state index contributed by atoms with van der Waals surface area (Å²) in [7, 11) is 0. The van der Waals surface area contributed by atoms with E-state index in [0.717, 1.165) is 0 Å². The summed E-state index contributed by atoms with van der Waals surface area (Å²) in [5.41, 5.74) is 0. The van der Waals surface area contributed by atoms with Crippen LogP contribution in [0.1, 0.15) is 65.7 Å². The minimum absolute atomic E-state index is 0.525. The molecule has 0 bridgehead atoms. The Bertz CT molecular complexity index is 176. The number of hydrogen-bond donors (Lipinski definition) is 1. The molecule has 0 aromatic rings. The van der Waals surface area contributed by atoms with Gasteiger partial charge in [0, 0.05) is 17.3 Å². The number of unbranched alkanes of at least 4 members (excludes halogenated alkanes) is 3. The van der Waals surface area contributed by atoms with Crippen molar-refractivity contribution in [3.63, 3.8) is 0 Å². The third-order valence-corrected chi connectivity index (χ3v) is 5.15. The zero-order valence-corrected chi connectivity index (χ0v) is 12.2. The van der Waals surface area contributed by atoms with Crippen molar-refractivity contribution in [3.8, 4) is 0 Å². The molecule has 16 heavy (non-hydrogen) atoms. The molecule has 96 valence electrons. The molecular formula is C14H29NS. The quantitative estimate of drug-likeness (QED) is 0.641. The van der Waals surface area contributed by atoms with E-state index in [1.807, 2.05) is 0 Å². The van der Waals surface area contributed by atoms with Gasteiger partial charge >= 0.3 is 0 Å². The van der Waals surface area contributed by atoms with Gasteiger partial charge in [-0.25, -0.2) is 0 Å². The molecule has 2 atom stereocenters. The average Bonchev–Trinajstić information content (AvgIpc) is 2.70. The number of hydrogen-bond acceptors (Lipinski definition) is 2. The van der Waals surface area contributed by atoms with Crippen LogP contribution in [0.4, 0.5) is 0 Å². The van der Waals surface area contributed by atoms with Crippen molar-refractivity contribution >= 4 is 11.8 Å². The smallest absolute Gasteiger partial charge is 0.0256 e. The zero-order valence-electron chi connectivity index (χ0n) is 11.3. The summed E-state index contributed by atoms with van der Waals surface area (Å²) in [6.45, 7) is 8.24. The lowest BCUT2D eigenvalue weighted by molar-refractivity contribution is 0.445. The third kappa shape index (κ3) is 5.58. The predicted octanol–water partition coefficient (Wildman–Crippen LogP) is 4.22. The van der Waals surface area contributed by atoms with E-state index in [0.29, 0.717) is 10.8 Å². The molecule has 1 aliphatic rings. The first-order valence-corrected chi connectivity index (χ1v) is 8.02. The van der Waals surface area contributed by atoms with Crippen molar-refractivity contribution in [1.82, 2.24) is 5.32 Å². The Labute approximate surface area is 106 Å². The van der Waals surface area contributed by atoms with Gasteiger partial charge in [0.15, 0.2) is 0 Å². The Morgan fingerprint density at radius 1 is 1.31 bits per heavy atom. The second kappa shape index (κ2) is 7.60. The molecule has 0 saturated carbocycles. The predicted molar refractivity (Wildman–Crippen MR) is 76.3 cm³/mol. The molecule has 0 aromatic carbocycles. The van der Waals surface area contributed by atoms with Gasteiger partial charge in [-0.3, -0.25) is 0 Å². The number of thioether (sulfide) groups is 1. The zero-order chi connectivity index (χ0) is 11.9. The molecule has 1 rings (SSSR count). The van der Waals surface area contributed by atoms with Crippen LogP contribution in [0.2, 0.25) is 0 Å². The fourth-order valence-electron chi connectivity index (χ4n) is 2.35. The van der Waals surface area contributed by atoms with Gasteiger partial charge in [-0.05, 0) is 38.9 Å². The highest BCUT2D eigenvalue weighted by Gasteiger charge is 2.29. The topological polar surface area (TPSA) is 12.0 Å². The lowest BCUT2D eigenvalue weighted by atomic mass is 10.0. The molecule has 1 heterocycles. The van der Waals surface area contributed by atoms with E-state index >= 15 is 0 Å². The van der Waals surface area contributed by atoms with E-state index < -0.39 is 0 Å². The minimum atomic E-state index is 0.525. The summed E-state index contributed by atoms with van der Waals surface area (Å²) < 4.78 is 0.525. The maximum absolute atomic E-state index is 3.72. The highest BCUT2D eigenvalue weighted by atomic mass is 32.2. The summed E-state index contributed by atoms with van der Waals surface area (Å²) in [4.78, 5) is 0. The Hall–Kier alpha value is 0.310.